The van der Waals surface area contributed by atoms with E-state index >= 15 is 0 Å². The van der Waals surface area contributed by atoms with Gasteiger partial charge in [0.2, 0.25) is 0 Å². The lowest BCUT2D eigenvalue weighted by atomic mass is 9.93. The Hall–Kier alpha value is -3.89. The van der Waals surface area contributed by atoms with E-state index in [4.69, 9.17) is 9.51 Å². The topological polar surface area (TPSA) is 92.6 Å². The molecule has 1 fully saturated rings. The molecule has 1 aliphatic carbocycles. The van der Waals surface area contributed by atoms with Crippen LogP contribution in [0.2, 0.25) is 0 Å². The lowest BCUT2D eigenvalue weighted by Crippen LogP contribution is -2.23. The van der Waals surface area contributed by atoms with E-state index in [-0.39, 0.29) is 11.4 Å². The number of urea groups is 1. The number of fused-ring (bicyclic) bond motifs is 5. The van der Waals surface area contributed by atoms with Crippen molar-refractivity contribution in [2.75, 3.05) is 30.3 Å². The van der Waals surface area contributed by atoms with Crippen LogP contribution in [0.4, 0.5) is 16.3 Å². The fourth-order valence-corrected chi connectivity index (χ4v) is 6.89. The number of hydrogen-bond acceptors (Lipinski definition) is 6. The second-order valence-corrected chi connectivity index (χ2v) is 13.2. The van der Waals surface area contributed by atoms with Gasteiger partial charge >= 0.3 is 6.03 Å². The van der Waals surface area contributed by atoms with E-state index in [2.05, 4.69) is 48.2 Å². The van der Waals surface area contributed by atoms with Gasteiger partial charge < -0.3 is 19.3 Å². The first kappa shape index (κ1) is 26.0. The van der Waals surface area contributed by atoms with Gasteiger partial charge in [-0.1, -0.05) is 38.1 Å². The minimum absolute atomic E-state index is 0.180. The number of benzene rings is 1. The zero-order valence-electron chi connectivity index (χ0n) is 23.7. The Balaban J connectivity index is 1.05. The third kappa shape index (κ3) is 5.17. The van der Waals surface area contributed by atoms with E-state index in [0.717, 1.165) is 42.1 Å². The third-order valence-electron chi connectivity index (χ3n) is 8.03. The van der Waals surface area contributed by atoms with Gasteiger partial charge in [0.25, 0.3) is 0 Å². The molecule has 0 bridgehead atoms. The molecule has 1 aromatic carbocycles. The lowest BCUT2D eigenvalue weighted by molar-refractivity contribution is 0.262. The number of carbonyl (C=O) groups is 1. The average Bonchev–Trinajstić information content (AvgIpc) is 3.75. The van der Waals surface area contributed by atoms with E-state index in [1.165, 1.54) is 47.6 Å². The summed E-state index contributed by atoms with van der Waals surface area (Å²) in [6.07, 6.45) is 11.7. The van der Waals surface area contributed by atoms with Crippen molar-refractivity contribution in [3.05, 3.63) is 65.1 Å². The number of thiazole rings is 1. The van der Waals surface area contributed by atoms with Crippen LogP contribution in [0.3, 0.4) is 0 Å². The molecular weight excluding hydrogens is 534 g/mol. The summed E-state index contributed by atoms with van der Waals surface area (Å²) in [7, 11) is 0. The van der Waals surface area contributed by atoms with Gasteiger partial charge in [-0.05, 0) is 56.5 Å². The molecule has 0 saturated carbocycles. The zero-order valence-corrected chi connectivity index (χ0v) is 24.6. The number of amides is 2. The molecule has 41 heavy (non-hydrogen) atoms. The largest absolute Gasteiger partial charge is 0.359 e. The molecule has 9 nitrogen and oxygen atoms in total. The number of imidazole rings is 1. The van der Waals surface area contributed by atoms with E-state index < -0.39 is 0 Å². The maximum Gasteiger partial charge on any atom is 0.324 e. The number of hydrogen-bond donors (Lipinski definition) is 2. The SMILES string of the molecule is CC(C)(C)c1cc(NC(=O)Nc2ccc(-c3cn4c5c(sc4n3)CCc3cn(CCN4CCCC4)cc3-5)cc2)no1. The van der Waals surface area contributed by atoms with Crippen LogP contribution in [0.1, 0.15) is 49.8 Å². The molecular formula is C31H35N7O2S. The normalized spacial score (nSPS) is 15.3. The molecule has 212 valence electrons. The fraction of sp³-hybridized carbons (Fsp3) is 0.387. The predicted octanol–water partition coefficient (Wildman–Crippen LogP) is 6.66. The molecule has 10 heteroatoms. The summed E-state index contributed by atoms with van der Waals surface area (Å²) in [5.74, 6) is 1.10. The van der Waals surface area contributed by atoms with E-state index in [1.54, 1.807) is 17.4 Å². The number of aromatic nitrogens is 4. The molecule has 0 unspecified atom stereocenters. The van der Waals surface area contributed by atoms with Crippen LogP contribution in [0.25, 0.3) is 27.5 Å². The number of carbonyl (C=O) groups excluding carboxylic acids is 1. The zero-order chi connectivity index (χ0) is 28.1. The van der Waals surface area contributed by atoms with Crippen molar-refractivity contribution in [1.29, 1.82) is 0 Å². The molecule has 2 amide bonds. The number of nitrogens with zero attached hydrogens (tertiary/aromatic N) is 5. The fourth-order valence-electron chi connectivity index (χ4n) is 5.78. The molecule has 0 atom stereocenters. The molecule has 7 rings (SSSR count). The third-order valence-corrected chi connectivity index (χ3v) is 9.15. The molecule has 0 spiro atoms. The van der Waals surface area contributed by atoms with Gasteiger partial charge in [-0.2, -0.15) is 0 Å². The summed E-state index contributed by atoms with van der Waals surface area (Å²) in [6, 6.07) is 9.13. The van der Waals surface area contributed by atoms with E-state index in [9.17, 15) is 4.79 Å². The summed E-state index contributed by atoms with van der Waals surface area (Å²) in [6.45, 7) is 10.7. The van der Waals surface area contributed by atoms with Gasteiger partial charge in [0.1, 0.15) is 5.76 Å². The minimum atomic E-state index is -0.371. The molecule has 5 aromatic rings. The first-order chi connectivity index (χ1) is 19.8. The van der Waals surface area contributed by atoms with Crippen molar-refractivity contribution in [3.8, 4) is 22.5 Å². The van der Waals surface area contributed by atoms with E-state index in [1.807, 2.05) is 45.0 Å². The second-order valence-electron chi connectivity index (χ2n) is 12.1. The summed E-state index contributed by atoms with van der Waals surface area (Å²) in [5, 5.41) is 9.54. The van der Waals surface area contributed by atoms with Gasteiger partial charge in [0.05, 0.1) is 11.4 Å². The highest BCUT2D eigenvalue weighted by molar-refractivity contribution is 7.17. The highest BCUT2D eigenvalue weighted by Crippen LogP contribution is 2.40. The highest BCUT2D eigenvalue weighted by atomic mass is 32.1. The van der Waals surface area contributed by atoms with Gasteiger partial charge in [-0.3, -0.25) is 9.72 Å². The molecule has 5 heterocycles. The molecule has 2 N–H and O–H groups in total. The smallest absolute Gasteiger partial charge is 0.324 e. The quantitative estimate of drug-likeness (QED) is 0.239. The summed E-state index contributed by atoms with van der Waals surface area (Å²) >= 11 is 1.79. The number of likely N-dealkylation sites (tertiary alicyclic amines) is 1. The number of anilines is 2. The summed E-state index contributed by atoms with van der Waals surface area (Å²) in [5.41, 5.74) is 6.50. The van der Waals surface area contributed by atoms with Crippen LogP contribution in [0.5, 0.6) is 0 Å². The maximum atomic E-state index is 12.5. The number of aryl methyl sites for hydroxylation is 2. The monoisotopic (exact) mass is 569 g/mol. The Labute approximate surface area is 243 Å². The minimum Gasteiger partial charge on any atom is -0.359 e. The standard InChI is InChI=1S/C31H35N7O2S/c1-31(2,3)26-16-27(35-40-26)34-29(39)32-22-9-6-20(7-10-22)24-19-38-28-23-18-37(15-14-36-12-4-5-13-36)17-21(23)8-11-25(28)41-30(38)33-24/h6-7,9-10,16-19H,4-5,8,11-15H2,1-3H3,(H2,32,34,35,39). The van der Waals surface area contributed by atoms with Gasteiger partial charge in [-0.25, -0.2) is 9.78 Å². The summed E-state index contributed by atoms with van der Waals surface area (Å²) in [4.78, 5) is 22.5. The van der Waals surface area contributed by atoms with Crippen LogP contribution in [-0.4, -0.2) is 49.7 Å². The van der Waals surface area contributed by atoms with Crippen LogP contribution in [0.15, 0.2) is 53.4 Å². The molecule has 1 saturated heterocycles. The average molecular weight is 570 g/mol. The molecule has 1 aliphatic heterocycles. The Morgan fingerprint density at radius 3 is 2.59 bits per heavy atom. The van der Waals surface area contributed by atoms with E-state index in [0.29, 0.717) is 17.3 Å². The molecule has 0 radical (unpaired) electrons. The van der Waals surface area contributed by atoms with Crippen molar-refractivity contribution in [2.45, 2.75) is 58.4 Å². The Morgan fingerprint density at radius 1 is 1.02 bits per heavy atom. The Morgan fingerprint density at radius 2 is 1.83 bits per heavy atom. The maximum absolute atomic E-state index is 12.5. The van der Waals surface area contributed by atoms with Crippen molar-refractivity contribution >= 4 is 33.8 Å². The second kappa shape index (κ2) is 10.2. The van der Waals surface area contributed by atoms with Gasteiger partial charge in [0, 0.05) is 64.9 Å². The van der Waals surface area contributed by atoms with Crippen molar-refractivity contribution in [2.24, 2.45) is 0 Å². The van der Waals surface area contributed by atoms with Gasteiger partial charge in [0.15, 0.2) is 10.8 Å². The Bertz CT molecular complexity index is 1710. The first-order valence-electron chi connectivity index (χ1n) is 14.4. The number of nitrogens with one attached hydrogen (secondary N) is 2. The number of rotatable bonds is 6. The molecule has 4 aromatic heterocycles. The van der Waals surface area contributed by atoms with Crippen molar-refractivity contribution in [3.63, 3.8) is 0 Å². The first-order valence-corrected chi connectivity index (χ1v) is 15.2. The van der Waals surface area contributed by atoms with Crippen molar-refractivity contribution < 1.29 is 9.32 Å². The van der Waals surface area contributed by atoms with Crippen LogP contribution < -0.4 is 10.6 Å². The Kier molecular flexibility index (Phi) is 6.47. The van der Waals surface area contributed by atoms with Crippen LogP contribution in [0, 0.1) is 0 Å². The molecule has 2 aliphatic rings. The van der Waals surface area contributed by atoms with Crippen LogP contribution in [-0.2, 0) is 24.8 Å². The summed E-state index contributed by atoms with van der Waals surface area (Å²) < 4.78 is 9.99. The van der Waals surface area contributed by atoms with Crippen LogP contribution >= 0.6 is 11.3 Å². The van der Waals surface area contributed by atoms with Gasteiger partial charge in [-0.15, -0.1) is 11.3 Å². The predicted molar refractivity (Wildman–Crippen MR) is 163 cm³/mol. The van der Waals surface area contributed by atoms with Crippen molar-refractivity contribution in [1.82, 2.24) is 24.0 Å². The lowest BCUT2D eigenvalue weighted by Gasteiger charge is -2.14. The highest BCUT2D eigenvalue weighted by Gasteiger charge is 2.25.